The summed E-state index contributed by atoms with van der Waals surface area (Å²) in [5.41, 5.74) is 3.52. The summed E-state index contributed by atoms with van der Waals surface area (Å²) in [6.07, 6.45) is 1.66. The molecule has 0 amide bonds. The van der Waals surface area contributed by atoms with Crippen molar-refractivity contribution in [3.8, 4) is 5.69 Å². The van der Waals surface area contributed by atoms with Gasteiger partial charge in [0.2, 0.25) is 5.16 Å². The Hall–Kier alpha value is -3.13. The zero-order valence-corrected chi connectivity index (χ0v) is 17.3. The summed E-state index contributed by atoms with van der Waals surface area (Å²) >= 11 is 1.35. The molecule has 1 aromatic carbocycles. The number of nitrogens with zero attached hydrogens (tertiary/aromatic N) is 5. The molecule has 0 aliphatic carbocycles. The molecule has 0 spiro atoms. The van der Waals surface area contributed by atoms with Crippen molar-refractivity contribution in [1.29, 1.82) is 0 Å². The molecule has 3 aromatic heterocycles. The van der Waals surface area contributed by atoms with Crippen LogP contribution < -0.4 is 0 Å². The number of thioether (sulfide) groups is 1. The number of rotatable bonds is 7. The van der Waals surface area contributed by atoms with Crippen LogP contribution in [0.4, 0.5) is 0 Å². The third-order valence-corrected chi connectivity index (χ3v) is 5.86. The first kappa shape index (κ1) is 19.2. The van der Waals surface area contributed by atoms with Crippen LogP contribution in [0.1, 0.15) is 34.4 Å². The highest BCUT2D eigenvalue weighted by Gasteiger charge is 2.24. The number of ketones is 1. The fraction of sp³-hybridized carbons (Fsp3) is 0.238. The number of para-hydroxylation sites is 1. The zero-order chi connectivity index (χ0) is 20.4. The van der Waals surface area contributed by atoms with E-state index in [0.29, 0.717) is 17.3 Å². The lowest BCUT2D eigenvalue weighted by Crippen LogP contribution is -2.16. The van der Waals surface area contributed by atoms with E-state index in [1.807, 2.05) is 69.3 Å². The van der Waals surface area contributed by atoms with Crippen molar-refractivity contribution in [2.75, 3.05) is 0 Å². The van der Waals surface area contributed by atoms with Crippen molar-refractivity contribution in [3.63, 3.8) is 0 Å². The number of aromatic nitrogens is 5. The summed E-state index contributed by atoms with van der Waals surface area (Å²) in [6, 6.07) is 15.4. The third-order valence-electron chi connectivity index (χ3n) is 4.83. The standard InChI is InChI=1S/C21H21N5O2S/c1-14-12-19(15(2)25(14)13-18-10-7-11-28-18)20(27)16(3)29-21-22-23-24-26(21)17-8-5-4-6-9-17/h4-12,16H,13H2,1-3H3/t16-/m1/s1. The number of hydrogen-bond donors (Lipinski definition) is 0. The van der Waals surface area contributed by atoms with E-state index in [9.17, 15) is 4.79 Å². The largest absolute Gasteiger partial charge is 0.467 e. The highest BCUT2D eigenvalue weighted by Crippen LogP contribution is 2.27. The van der Waals surface area contributed by atoms with E-state index in [0.717, 1.165) is 22.8 Å². The molecule has 29 heavy (non-hydrogen) atoms. The lowest BCUT2D eigenvalue weighted by Gasteiger charge is -2.11. The van der Waals surface area contributed by atoms with Crippen LogP contribution in [-0.2, 0) is 6.54 Å². The Morgan fingerprint density at radius 3 is 2.69 bits per heavy atom. The molecule has 0 saturated heterocycles. The molecule has 0 N–H and O–H groups in total. The van der Waals surface area contributed by atoms with Gasteiger partial charge in [0, 0.05) is 17.0 Å². The van der Waals surface area contributed by atoms with Gasteiger partial charge in [-0.25, -0.2) is 0 Å². The number of tetrazole rings is 1. The number of carbonyl (C=O) groups excluding carboxylic acids is 1. The first-order valence-electron chi connectivity index (χ1n) is 9.28. The summed E-state index contributed by atoms with van der Waals surface area (Å²) in [7, 11) is 0. The molecule has 0 aliphatic heterocycles. The molecule has 3 heterocycles. The number of carbonyl (C=O) groups is 1. The Morgan fingerprint density at radius 1 is 1.17 bits per heavy atom. The summed E-state index contributed by atoms with van der Waals surface area (Å²) in [6.45, 7) is 6.45. The SMILES string of the molecule is Cc1cc(C(=O)[C@@H](C)Sc2nnnn2-c2ccccc2)c(C)n1Cc1ccco1. The maximum absolute atomic E-state index is 13.2. The van der Waals surface area contributed by atoms with Gasteiger partial charge in [-0.3, -0.25) is 4.79 Å². The number of hydrogen-bond acceptors (Lipinski definition) is 6. The minimum atomic E-state index is -0.332. The van der Waals surface area contributed by atoms with E-state index in [4.69, 9.17) is 4.42 Å². The molecule has 0 unspecified atom stereocenters. The van der Waals surface area contributed by atoms with Gasteiger partial charge in [0.15, 0.2) is 5.78 Å². The van der Waals surface area contributed by atoms with Gasteiger partial charge >= 0.3 is 0 Å². The van der Waals surface area contributed by atoms with Gasteiger partial charge < -0.3 is 8.98 Å². The molecule has 0 radical (unpaired) electrons. The average molecular weight is 407 g/mol. The average Bonchev–Trinajstić information content (AvgIpc) is 3.46. The minimum absolute atomic E-state index is 0.0522. The van der Waals surface area contributed by atoms with Gasteiger partial charge in [-0.2, -0.15) is 4.68 Å². The molecule has 4 aromatic rings. The second-order valence-corrected chi connectivity index (χ2v) is 8.09. The van der Waals surface area contributed by atoms with E-state index in [2.05, 4.69) is 20.1 Å². The Balaban J connectivity index is 1.54. The predicted molar refractivity (Wildman–Crippen MR) is 111 cm³/mol. The van der Waals surface area contributed by atoms with Crippen LogP contribution in [0.3, 0.4) is 0 Å². The van der Waals surface area contributed by atoms with Crippen LogP contribution in [0.2, 0.25) is 0 Å². The lowest BCUT2D eigenvalue weighted by molar-refractivity contribution is 0.0993. The van der Waals surface area contributed by atoms with Crippen molar-refractivity contribution < 1.29 is 9.21 Å². The van der Waals surface area contributed by atoms with Crippen LogP contribution in [0.15, 0.2) is 64.4 Å². The van der Waals surface area contributed by atoms with E-state index in [1.165, 1.54) is 11.8 Å². The number of Topliss-reactive ketones (excluding diaryl/α,β-unsaturated/α-hetero) is 1. The van der Waals surface area contributed by atoms with Crippen LogP contribution in [0, 0.1) is 13.8 Å². The van der Waals surface area contributed by atoms with Crippen molar-refractivity contribution in [3.05, 3.63) is 77.5 Å². The van der Waals surface area contributed by atoms with Gasteiger partial charge in [0.05, 0.1) is 23.7 Å². The van der Waals surface area contributed by atoms with Crippen molar-refractivity contribution >= 4 is 17.5 Å². The van der Waals surface area contributed by atoms with Crippen molar-refractivity contribution in [2.24, 2.45) is 0 Å². The molecule has 1 atom stereocenters. The number of furan rings is 1. The van der Waals surface area contributed by atoms with Gasteiger partial charge in [0.25, 0.3) is 0 Å². The Bertz CT molecular complexity index is 1120. The molecule has 8 heteroatoms. The normalized spacial score (nSPS) is 12.2. The summed E-state index contributed by atoms with van der Waals surface area (Å²) < 4.78 is 9.20. The third kappa shape index (κ3) is 3.88. The molecule has 0 saturated carbocycles. The second kappa shape index (κ2) is 8.08. The number of benzene rings is 1. The maximum Gasteiger partial charge on any atom is 0.214 e. The fourth-order valence-electron chi connectivity index (χ4n) is 3.27. The minimum Gasteiger partial charge on any atom is -0.467 e. The summed E-state index contributed by atoms with van der Waals surface area (Å²) in [4.78, 5) is 13.2. The molecule has 148 valence electrons. The maximum atomic E-state index is 13.2. The lowest BCUT2D eigenvalue weighted by atomic mass is 10.1. The van der Waals surface area contributed by atoms with Crippen molar-refractivity contribution in [2.45, 2.75) is 37.7 Å². The van der Waals surface area contributed by atoms with E-state index in [1.54, 1.807) is 10.9 Å². The second-order valence-electron chi connectivity index (χ2n) is 6.78. The first-order valence-corrected chi connectivity index (χ1v) is 10.2. The Morgan fingerprint density at radius 2 is 1.97 bits per heavy atom. The Labute approximate surface area is 172 Å². The quantitative estimate of drug-likeness (QED) is 0.339. The highest BCUT2D eigenvalue weighted by atomic mass is 32.2. The van der Waals surface area contributed by atoms with Crippen LogP contribution in [0.5, 0.6) is 0 Å². The summed E-state index contributed by atoms with van der Waals surface area (Å²) in [5, 5.41) is 12.2. The molecular formula is C21H21N5O2S. The van der Waals surface area contributed by atoms with Crippen molar-refractivity contribution in [1.82, 2.24) is 24.8 Å². The summed E-state index contributed by atoms with van der Waals surface area (Å²) in [5.74, 6) is 0.909. The van der Waals surface area contributed by atoms with Crippen LogP contribution in [0.25, 0.3) is 5.69 Å². The van der Waals surface area contributed by atoms with Gasteiger partial charge in [-0.1, -0.05) is 30.0 Å². The number of aryl methyl sites for hydroxylation is 1. The molecule has 0 bridgehead atoms. The van der Waals surface area contributed by atoms with E-state index in [-0.39, 0.29) is 11.0 Å². The van der Waals surface area contributed by atoms with Crippen LogP contribution in [-0.4, -0.2) is 35.8 Å². The molecular weight excluding hydrogens is 386 g/mol. The molecule has 4 rings (SSSR count). The fourth-order valence-corrected chi connectivity index (χ4v) is 4.14. The van der Waals surface area contributed by atoms with E-state index >= 15 is 0 Å². The molecule has 0 fully saturated rings. The monoisotopic (exact) mass is 407 g/mol. The first-order chi connectivity index (χ1) is 14.0. The van der Waals surface area contributed by atoms with Gasteiger partial charge in [-0.15, -0.1) is 5.10 Å². The Kier molecular flexibility index (Phi) is 5.35. The zero-order valence-electron chi connectivity index (χ0n) is 16.4. The predicted octanol–water partition coefficient (Wildman–Crippen LogP) is 4.09. The smallest absolute Gasteiger partial charge is 0.214 e. The van der Waals surface area contributed by atoms with Crippen LogP contribution >= 0.6 is 11.8 Å². The molecule has 0 aliphatic rings. The van der Waals surface area contributed by atoms with E-state index < -0.39 is 0 Å². The van der Waals surface area contributed by atoms with Gasteiger partial charge in [-0.05, 0) is 61.5 Å². The highest BCUT2D eigenvalue weighted by molar-refractivity contribution is 8.00. The van der Waals surface area contributed by atoms with Gasteiger partial charge in [0.1, 0.15) is 5.76 Å². The topological polar surface area (TPSA) is 78.7 Å². The molecule has 7 nitrogen and oxygen atoms in total.